The predicted octanol–water partition coefficient (Wildman–Crippen LogP) is 2.56. The van der Waals surface area contributed by atoms with Crippen molar-refractivity contribution in [3.63, 3.8) is 0 Å². The maximum absolute atomic E-state index is 7.50. The molecule has 29 heavy (non-hydrogen) atoms. The van der Waals surface area contributed by atoms with Crippen LogP contribution in [0.3, 0.4) is 0 Å². The number of rotatable bonds is 3. The summed E-state index contributed by atoms with van der Waals surface area (Å²) in [4.78, 5) is 0. The van der Waals surface area contributed by atoms with Gasteiger partial charge < -0.3 is 13.8 Å². The molecule has 0 spiro atoms. The standard InChI is InChI=1S/C15H22BN6.CBr.2CO.Mo/c1-10-7-13(4)20(17-10)16(21-14(5)8-11(2)18-21)22-15(6)9-12(3)19-22;3*1-2;/h7-9,16H,1-6H3;;;;/q-1;;;;+1. The van der Waals surface area contributed by atoms with Crippen molar-refractivity contribution in [3.8, 4) is 3.11 Å². The van der Waals surface area contributed by atoms with E-state index in [2.05, 4.69) is 85.1 Å². The van der Waals surface area contributed by atoms with E-state index in [1.54, 1.807) is 19.2 Å². The molecule has 0 atom stereocenters. The van der Waals surface area contributed by atoms with Gasteiger partial charge in [-0.3, -0.25) is 0 Å². The summed E-state index contributed by atoms with van der Waals surface area (Å²) in [7, 11) is -1.26. The van der Waals surface area contributed by atoms with Gasteiger partial charge >= 0.3 is 67.9 Å². The first-order chi connectivity index (χ1) is 13.8. The van der Waals surface area contributed by atoms with Crippen LogP contribution in [0, 0.1) is 58.0 Å². The minimum absolute atomic E-state index is 1.01. The number of aromatic nitrogens is 6. The van der Waals surface area contributed by atoms with Crippen molar-refractivity contribution in [2.75, 3.05) is 0 Å². The van der Waals surface area contributed by atoms with Crippen LogP contribution < -0.4 is 0 Å². The molecule has 0 saturated heterocycles. The van der Waals surface area contributed by atoms with Crippen LogP contribution in [0.25, 0.3) is 0 Å². The fourth-order valence-corrected chi connectivity index (χ4v) is 3.26. The van der Waals surface area contributed by atoms with Crippen LogP contribution in [-0.4, -0.2) is 36.2 Å². The van der Waals surface area contributed by atoms with Crippen molar-refractivity contribution >= 4 is 23.0 Å². The van der Waals surface area contributed by atoms with Crippen LogP contribution in [0.1, 0.15) is 34.2 Å². The van der Waals surface area contributed by atoms with Gasteiger partial charge in [0.15, 0.2) is 0 Å². The molecule has 0 aliphatic carbocycles. The molecule has 3 aromatic heterocycles. The van der Waals surface area contributed by atoms with Crippen molar-refractivity contribution in [2.24, 2.45) is 0 Å². The van der Waals surface area contributed by atoms with Crippen LogP contribution in [0.2, 0.25) is 0 Å². The monoisotopic (exact) mass is 542 g/mol. The molecular formula is C18H22BBrMoN6O2. The van der Waals surface area contributed by atoms with E-state index in [1.165, 1.54) is 0 Å². The predicted molar refractivity (Wildman–Crippen MR) is 109 cm³/mol. The van der Waals surface area contributed by atoms with Gasteiger partial charge in [0.1, 0.15) is 0 Å². The first-order valence-electron chi connectivity index (χ1n) is 8.42. The fourth-order valence-electron chi connectivity index (χ4n) is 3.26. The number of nitrogens with zero attached hydrogens (tertiary/aromatic N) is 6. The molecule has 3 heterocycles. The third-order valence-corrected chi connectivity index (χ3v) is 4.11. The molecular weight excluding hydrogens is 519 g/mol. The molecule has 152 valence electrons. The second kappa shape index (κ2) is 13.4. The Morgan fingerprint density at radius 1 is 0.759 bits per heavy atom. The van der Waals surface area contributed by atoms with Gasteiger partial charge in [0, 0.05) is 0 Å². The van der Waals surface area contributed by atoms with Crippen LogP contribution in [0.5, 0.6) is 0 Å². The van der Waals surface area contributed by atoms with E-state index >= 15 is 0 Å². The fraction of sp³-hybridized carbons (Fsp3) is 0.333. The number of halogens is 1. The second-order valence-corrected chi connectivity index (χ2v) is 8.58. The first kappa shape index (κ1) is 27.1. The molecule has 0 saturated carbocycles. The van der Waals surface area contributed by atoms with E-state index in [-0.39, 0.29) is 0 Å². The van der Waals surface area contributed by atoms with E-state index in [1.807, 2.05) is 20.8 Å². The molecule has 0 bridgehead atoms. The molecule has 11 heteroatoms. The van der Waals surface area contributed by atoms with E-state index in [9.17, 15) is 0 Å². The Kier molecular flexibility index (Phi) is 12.5. The number of hydrogen-bond acceptors (Lipinski definition) is 3. The zero-order chi connectivity index (χ0) is 22.7. The summed E-state index contributed by atoms with van der Waals surface area (Å²) in [6.07, 6.45) is 0. The zero-order valence-corrected chi connectivity index (χ0v) is 20.8. The van der Waals surface area contributed by atoms with Gasteiger partial charge in [0.25, 0.3) is 0 Å². The summed E-state index contributed by atoms with van der Waals surface area (Å²) in [5.74, 6) is 0. The molecule has 3 rings (SSSR count). The quantitative estimate of drug-likeness (QED) is 0.290. The Balaban J connectivity index is 0.00000100. The molecule has 0 aromatic carbocycles. The molecule has 0 fully saturated rings. The van der Waals surface area contributed by atoms with Crippen molar-refractivity contribution in [1.82, 2.24) is 29.1 Å². The van der Waals surface area contributed by atoms with Gasteiger partial charge in [-0.1, -0.05) is 0 Å². The average Bonchev–Trinajstić information content (AvgIpc) is 3.30. The Morgan fingerprint density at radius 2 is 0.966 bits per heavy atom. The van der Waals surface area contributed by atoms with E-state index in [4.69, 9.17) is 24.6 Å². The summed E-state index contributed by atoms with van der Waals surface area (Å²) in [5.41, 5.74) is 6.40. The molecule has 3 aromatic rings. The topological polar surface area (TPSA) is 93.3 Å². The van der Waals surface area contributed by atoms with E-state index < -0.39 is 7.12 Å². The zero-order valence-electron chi connectivity index (χ0n) is 17.2. The Morgan fingerprint density at radius 3 is 1.10 bits per heavy atom. The van der Waals surface area contributed by atoms with E-state index in [0.29, 0.717) is 0 Å². The Labute approximate surface area is 190 Å². The molecule has 0 radical (unpaired) electrons. The Hall–Kier alpha value is -1.88. The maximum atomic E-state index is 7.50. The van der Waals surface area contributed by atoms with Gasteiger partial charge in [-0.25, -0.2) is 15.3 Å². The molecule has 0 unspecified atom stereocenters. The minimum atomic E-state index is -1.26. The van der Waals surface area contributed by atoms with Crippen LogP contribution >= 0.6 is 15.9 Å². The van der Waals surface area contributed by atoms with Gasteiger partial charge in [0.2, 0.25) is 0 Å². The molecule has 0 N–H and O–H groups in total. The van der Waals surface area contributed by atoms with Gasteiger partial charge in [-0.05, 0) is 76.8 Å². The third kappa shape index (κ3) is 7.15. The van der Waals surface area contributed by atoms with Crippen molar-refractivity contribution in [3.05, 3.63) is 65.7 Å². The summed E-state index contributed by atoms with van der Waals surface area (Å²) in [5, 5.41) is 14.1. The summed E-state index contributed by atoms with van der Waals surface area (Å²) >= 11 is 4.64. The van der Waals surface area contributed by atoms with Crippen LogP contribution in [-0.2, 0) is 28.5 Å². The third-order valence-electron chi connectivity index (χ3n) is 4.11. The van der Waals surface area contributed by atoms with Gasteiger partial charge in [-0.15, -0.1) is 0 Å². The molecule has 0 aliphatic heterocycles. The van der Waals surface area contributed by atoms with Crippen molar-refractivity contribution in [1.29, 1.82) is 0 Å². The summed E-state index contributed by atoms with van der Waals surface area (Å²) < 4.78 is 23.8. The molecule has 0 amide bonds. The van der Waals surface area contributed by atoms with Crippen LogP contribution in [0.4, 0.5) is 0 Å². The van der Waals surface area contributed by atoms with Gasteiger partial charge in [-0.2, -0.15) is 0 Å². The Bertz CT molecular complexity index is 899. The van der Waals surface area contributed by atoms with Crippen LogP contribution in [0.15, 0.2) is 18.2 Å². The average molecular weight is 541 g/mol. The van der Waals surface area contributed by atoms with E-state index in [0.717, 1.165) is 34.2 Å². The molecule has 0 aliphatic rings. The number of hydrogen-bond donors (Lipinski definition) is 0. The van der Waals surface area contributed by atoms with Gasteiger partial charge in [0.05, 0.1) is 17.1 Å². The first-order valence-corrected chi connectivity index (χ1v) is 10.2. The normalized spacial score (nSPS) is 9.21. The SMILES string of the molecule is Br[C]#[Mo+].Cc1cc(C)n([BH-](n2nc(C)cc2C)n2nc(C)cc2C)n1.[C-]#[O+].[C-]#[O+]. The van der Waals surface area contributed by atoms with Crippen molar-refractivity contribution in [2.45, 2.75) is 41.5 Å². The molecule has 8 nitrogen and oxygen atoms in total. The summed E-state index contributed by atoms with van der Waals surface area (Å²) in [6, 6.07) is 6.28. The van der Waals surface area contributed by atoms with Crippen molar-refractivity contribution < 1.29 is 28.5 Å². The second-order valence-electron chi connectivity index (χ2n) is 6.28. The number of aryl methyl sites for hydroxylation is 6. The summed E-state index contributed by atoms with van der Waals surface area (Å²) in [6.45, 7) is 21.3.